The van der Waals surface area contributed by atoms with E-state index in [0.717, 1.165) is 38.3 Å². The first-order valence-corrected chi connectivity index (χ1v) is 6.61. The Bertz CT molecular complexity index is 547. The molecular weight excluding hydrogens is 242 g/mol. The number of piperazine rings is 1. The highest BCUT2D eigenvalue weighted by Gasteiger charge is 2.17. The second-order valence-electron chi connectivity index (χ2n) is 4.54. The third kappa shape index (κ3) is 2.58. The summed E-state index contributed by atoms with van der Waals surface area (Å²) in [6, 6.07) is 3.99. The van der Waals surface area contributed by atoms with Crippen LogP contribution in [0.15, 0.2) is 22.9 Å². The van der Waals surface area contributed by atoms with Crippen LogP contribution in [0.25, 0.3) is 11.6 Å². The summed E-state index contributed by atoms with van der Waals surface area (Å²) in [5.41, 5.74) is 1.96. The lowest BCUT2D eigenvalue weighted by Gasteiger charge is -2.25. The molecule has 1 fully saturated rings. The van der Waals surface area contributed by atoms with Crippen LogP contribution >= 0.6 is 0 Å². The van der Waals surface area contributed by atoms with Gasteiger partial charge in [-0.25, -0.2) is 0 Å². The van der Waals surface area contributed by atoms with Crippen LogP contribution in [-0.2, 0) is 6.42 Å². The lowest BCUT2D eigenvalue weighted by atomic mass is 10.2. The Morgan fingerprint density at radius 1 is 1.37 bits per heavy atom. The minimum absolute atomic E-state index is 0.490. The van der Waals surface area contributed by atoms with Gasteiger partial charge in [0.05, 0.1) is 0 Å². The van der Waals surface area contributed by atoms with Crippen molar-refractivity contribution in [2.45, 2.75) is 13.3 Å². The van der Waals surface area contributed by atoms with E-state index in [1.165, 1.54) is 5.56 Å². The zero-order valence-corrected chi connectivity index (χ0v) is 11.0. The topological polar surface area (TPSA) is 67.1 Å². The molecule has 3 rings (SSSR count). The molecule has 1 N–H and O–H groups in total. The smallest absolute Gasteiger partial charge is 0.278 e. The van der Waals surface area contributed by atoms with Gasteiger partial charge in [-0.05, 0) is 29.3 Å². The normalized spacial score (nSPS) is 15.7. The molecule has 0 aliphatic carbocycles. The molecule has 3 heterocycles. The molecule has 100 valence electrons. The molecule has 2 aromatic heterocycles. The zero-order valence-electron chi connectivity index (χ0n) is 11.0. The van der Waals surface area contributed by atoms with Crippen molar-refractivity contribution >= 4 is 5.95 Å². The van der Waals surface area contributed by atoms with Crippen molar-refractivity contribution in [2.75, 3.05) is 31.1 Å². The van der Waals surface area contributed by atoms with Crippen molar-refractivity contribution in [1.29, 1.82) is 0 Å². The van der Waals surface area contributed by atoms with E-state index in [0.29, 0.717) is 11.8 Å². The monoisotopic (exact) mass is 259 g/mol. The van der Waals surface area contributed by atoms with Crippen molar-refractivity contribution in [2.24, 2.45) is 0 Å². The van der Waals surface area contributed by atoms with Crippen LogP contribution in [0.3, 0.4) is 0 Å². The van der Waals surface area contributed by atoms with Crippen molar-refractivity contribution < 1.29 is 4.52 Å². The maximum atomic E-state index is 5.32. The first-order valence-electron chi connectivity index (χ1n) is 6.61. The first kappa shape index (κ1) is 12.1. The molecule has 19 heavy (non-hydrogen) atoms. The minimum atomic E-state index is 0.490. The summed E-state index contributed by atoms with van der Waals surface area (Å²) in [7, 11) is 0. The summed E-state index contributed by atoms with van der Waals surface area (Å²) in [5.74, 6) is 1.14. The minimum Gasteiger partial charge on any atom is -0.336 e. The lowest BCUT2D eigenvalue weighted by molar-refractivity contribution is 0.426. The third-order valence-electron chi connectivity index (χ3n) is 3.27. The molecule has 0 spiro atoms. The fraction of sp³-hybridized carbons (Fsp3) is 0.462. The fourth-order valence-corrected chi connectivity index (χ4v) is 2.12. The largest absolute Gasteiger partial charge is 0.336 e. The maximum Gasteiger partial charge on any atom is 0.278 e. The lowest BCUT2D eigenvalue weighted by Crippen LogP contribution is -2.44. The molecule has 1 saturated heterocycles. The Kier molecular flexibility index (Phi) is 3.41. The van der Waals surface area contributed by atoms with E-state index in [9.17, 15) is 0 Å². The Morgan fingerprint density at radius 3 is 3.00 bits per heavy atom. The van der Waals surface area contributed by atoms with E-state index < -0.39 is 0 Å². The fourth-order valence-electron chi connectivity index (χ4n) is 2.12. The van der Waals surface area contributed by atoms with E-state index in [2.05, 4.69) is 32.3 Å². The molecule has 2 aromatic rings. The van der Waals surface area contributed by atoms with Crippen LogP contribution in [0.5, 0.6) is 0 Å². The number of nitrogens with one attached hydrogen (secondary N) is 1. The van der Waals surface area contributed by atoms with Gasteiger partial charge in [0.25, 0.3) is 11.8 Å². The Labute approximate surface area is 111 Å². The summed E-state index contributed by atoms with van der Waals surface area (Å²) in [5, 5.41) is 7.34. The molecule has 1 aliphatic rings. The summed E-state index contributed by atoms with van der Waals surface area (Å²) >= 11 is 0. The van der Waals surface area contributed by atoms with E-state index in [1.807, 2.05) is 12.1 Å². The molecule has 6 heteroatoms. The van der Waals surface area contributed by atoms with Crippen molar-refractivity contribution in [1.82, 2.24) is 20.4 Å². The van der Waals surface area contributed by atoms with Gasteiger partial charge < -0.3 is 14.7 Å². The van der Waals surface area contributed by atoms with Crippen LogP contribution in [0.4, 0.5) is 5.95 Å². The SMILES string of the molecule is CCc1ccnc(-c2nc(N3CCNCC3)no2)c1. The number of anilines is 1. The molecule has 6 nitrogen and oxygen atoms in total. The van der Waals surface area contributed by atoms with Crippen molar-refractivity contribution in [3.63, 3.8) is 0 Å². The number of aryl methyl sites for hydroxylation is 1. The van der Waals surface area contributed by atoms with Crippen LogP contribution in [0, 0.1) is 0 Å². The van der Waals surface area contributed by atoms with Gasteiger partial charge in [-0.1, -0.05) is 6.92 Å². The molecule has 1 aliphatic heterocycles. The standard InChI is InChI=1S/C13H17N5O/c1-2-10-3-4-15-11(9-10)12-16-13(17-19-12)18-7-5-14-6-8-18/h3-4,9,14H,2,5-8H2,1H3. The predicted molar refractivity (Wildman–Crippen MR) is 72.0 cm³/mol. The van der Waals surface area contributed by atoms with Crippen LogP contribution in [-0.4, -0.2) is 41.3 Å². The zero-order chi connectivity index (χ0) is 13.1. The second kappa shape index (κ2) is 5.36. The predicted octanol–water partition coefficient (Wildman–Crippen LogP) is 1.10. The molecule has 0 aromatic carbocycles. The summed E-state index contributed by atoms with van der Waals surface area (Å²) < 4.78 is 5.32. The first-order chi connectivity index (χ1) is 9.36. The molecule has 0 unspecified atom stereocenters. The van der Waals surface area contributed by atoms with Gasteiger partial charge in [0, 0.05) is 32.4 Å². The number of aromatic nitrogens is 3. The van der Waals surface area contributed by atoms with E-state index in [4.69, 9.17) is 4.52 Å². The van der Waals surface area contributed by atoms with Crippen LogP contribution in [0.2, 0.25) is 0 Å². The van der Waals surface area contributed by atoms with Gasteiger partial charge >= 0.3 is 0 Å². The van der Waals surface area contributed by atoms with E-state index >= 15 is 0 Å². The number of nitrogens with zero attached hydrogens (tertiary/aromatic N) is 4. The number of rotatable bonds is 3. The van der Waals surface area contributed by atoms with Gasteiger partial charge in [-0.3, -0.25) is 4.98 Å². The molecule has 0 saturated carbocycles. The Hall–Kier alpha value is -1.95. The molecular formula is C13H17N5O. The Morgan fingerprint density at radius 2 is 2.21 bits per heavy atom. The molecule has 0 bridgehead atoms. The van der Waals surface area contributed by atoms with Gasteiger partial charge in [-0.2, -0.15) is 4.98 Å². The van der Waals surface area contributed by atoms with E-state index in [1.54, 1.807) is 6.20 Å². The maximum absolute atomic E-state index is 5.32. The number of hydrogen-bond acceptors (Lipinski definition) is 6. The summed E-state index contributed by atoms with van der Waals surface area (Å²) in [6.45, 7) is 5.82. The molecule has 0 amide bonds. The Balaban J connectivity index is 1.83. The van der Waals surface area contributed by atoms with Crippen molar-refractivity contribution in [3.05, 3.63) is 23.9 Å². The van der Waals surface area contributed by atoms with Crippen molar-refractivity contribution in [3.8, 4) is 11.6 Å². The van der Waals surface area contributed by atoms with Gasteiger partial charge in [0.15, 0.2) is 0 Å². The average Bonchev–Trinajstić information content (AvgIpc) is 2.98. The molecule has 0 radical (unpaired) electrons. The molecule has 0 atom stereocenters. The van der Waals surface area contributed by atoms with E-state index in [-0.39, 0.29) is 0 Å². The van der Waals surface area contributed by atoms with Gasteiger partial charge in [0.1, 0.15) is 5.69 Å². The third-order valence-corrected chi connectivity index (χ3v) is 3.27. The number of hydrogen-bond donors (Lipinski definition) is 1. The average molecular weight is 259 g/mol. The van der Waals surface area contributed by atoms with Gasteiger partial charge in [0.2, 0.25) is 0 Å². The highest BCUT2D eigenvalue weighted by Crippen LogP contribution is 2.19. The highest BCUT2D eigenvalue weighted by molar-refractivity contribution is 5.50. The van der Waals surface area contributed by atoms with Gasteiger partial charge in [-0.15, -0.1) is 0 Å². The van der Waals surface area contributed by atoms with Crippen LogP contribution in [0.1, 0.15) is 12.5 Å². The quantitative estimate of drug-likeness (QED) is 0.890. The summed E-state index contributed by atoms with van der Waals surface area (Å²) in [4.78, 5) is 10.8. The summed E-state index contributed by atoms with van der Waals surface area (Å²) in [6.07, 6.45) is 2.75. The highest BCUT2D eigenvalue weighted by atomic mass is 16.5. The van der Waals surface area contributed by atoms with Crippen LogP contribution < -0.4 is 10.2 Å². The second-order valence-corrected chi connectivity index (χ2v) is 4.54. The number of pyridine rings is 1.